The van der Waals surface area contributed by atoms with Gasteiger partial charge in [-0.05, 0) is 24.5 Å². The van der Waals surface area contributed by atoms with Gasteiger partial charge >= 0.3 is 6.36 Å². The van der Waals surface area contributed by atoms with E-state index in [2.05, 4.69) is 4.74 Å². The van der Waals surface area contributed by atoms with E-state index in [0.717, 1.165) is 6.07 Å². The highest BCUT2D eigenvalue weighted by molar-refractivity contribution is 5.45. The predicted octanol–water partition coefficient (Wildman–Crippen LogP) is 2.22. The molecule has 0 bridgehead atoms. The Morgan fingerprint density at radius 3 is 2.50 bits per heavy atom. The molecule has 0 spiro atoms. The first kappa shape index (κ1) is 12.6. The van der Waals surface area contributed by atoms with Crippen LogP contribution in [0.5, 0.6) is 11.5 Å². The molecule has 2 N–H and O–H groups in total. The minimum Gasteiger partial charge on any atom is -0.504 e. The average molecular weight is 236 g/mol. The predicted molar refractivity (Wildman–Crippen MR) is 50.2 cm³/mol. The van der Waals surface area contributed by atoms with E-state index in [4.69, 9.17) is 5.11 Å². The Labute approximate surface area is 90.1 Å². The Morgan fingerprint density at radius 1 is 1.25 bits per heavy atom. The number of rotatable bonds is 4. The number of aliphatic hydroxyl groups is 1. The monoisotopic (exact) mass is 236 g/mol. The third-order valence-corrected chi connectivity index (χ3v) is 1.91. The second kappa shape index (κ2) is 5.07. The molecule has 0 saturated heterocycles. The van der Waals surface area contributed by atoms with Crippen LogP contribution in [0.2, 0.25) is 0 Å². The van der Waals surface area contributed by atoms with Crippen LogP contribution in [-0.4, -0.2) is 23.2 Å². The lowest BCUT2D eigenvalue weighted by atomic mass is 10.1. The fourth-order valence-electron chi connectivity index (χ4n) is 1.25. The Hall–Kier alpha value is -1.43. The van der Waals surface area contributed by atoms with Crippen molar-refractivity contribution in [2.75, 3.05) is 6.61 Å². The summed E-state index contributed by atoms with van der Waals surface area (Å²) < 4.78 is 39.4. The summed E-state index contributed by atoms with van der Waals surface area (Å²) in [6.07, 6.45) is -4.17. The molecule has 0 atom stereocenters. The summed E-state index contributed by atoms with van der Waals surface area (Å²) in [6, 6.07) is 3.87. The van der Waals surface area contributed by atoms with E-state index in [9.17, 15) is 18.3 Å². The summed E-state index contributed by atoms with van der Waals surface area (Å²) in [5.41, 5.74) is 0.316. The van der Waals surface area contributed by atoms with Crippen molar-refractivity contribution in [3.8, 4) is 11.5 Å². The number of halogens is 3. The van der Waals surface area contributed by atoms with Crippen LogP contribution in [-0.2, 0) is 6.42 Å². The van der Waals surface area contributed by atoms with Crippen molar-refractivity contribution in [3.63, 3.8) is 0 Å². The number of phenols is 1. The molecule has 0 aromatic heterocycles. The number of para-hydroxylation sites is 1. The zero-order valence-electron chi connectivity index (χ0n) is 8.29. The molecule has 0 saturated carbocycles. The van der Waals surface area contributed by atoms with E-state index in [1.54, 1.807) is 0 Å². The van der Waals surface area contributed by atoms with Gasteiger partial charge < -0.3 is 14.9 Å². The van der Waals surface area contributed by atoms with Gasteiger partial charge in [0.15, 0.2) is 11.5 Å². The Bertz CT molecular complexity index is 350. The maximum atomic E-state index is 11.9. The molecule has 0 fully saturated rings. The third kappa shape index (κ3) is 3.62. The Balaban J connectivity index is 2.86. The molecule has 0 aliphatic carbocycles. The molecule has 0 aliphatic rings. The molecular formula is C10H11F3O3. The summed E-state index contributed by atoms with van der Waals surface area (Å²) in [5.74, 6) is -1.16. The number of hydrogen-bond donors (Lipinski definition) is 2. The van der Waals surface area contributed by atoms with E-state index < -0.39 is 17.9 Å². The van der Waals surface area contributed by atoms with Gasteiger partial charge in [0.2, 0.25) is 0 Å². The molecule has 1 rings (SSSR count). The number of aliphatic hydroxyl groups excluding tert-OH is 1. The number of alkyl halides is 3. The van der Waals surface area contributed by atoms with Crippen LogP contribution in [0.1, 0.15) is 12.0 Å². The van der Waals surface area contributed by atoms with Gasteiger partial charge in [0.05, 0.1) is 0 Å². The van der Waals surface area contributed by atoms with Crippen molar-refractivity contribution < 1.29 is 28.1 Å². The highest BCUT2D eigenvalue weighted by Gasteiger charge is 2.32. The van der Waals surface area contributed by atoms with E-state index in [1.165, 1.54) is 12.1 Å². The lowest BCUT2D eigenvalue weighted by Gasteiger charge is -2.12. The Morgan fingerprint density at radius 2 is 1.94 bits per heavy atom. The summed E-state index contributed by atoms with van der Waals surface area (Å²) in [4.78, 5) is 0. The molecule has 0 aliphatic heterocycles. The number of phenolic OH excluding ortho intramolecular Hbond substituents is 1. The first-order valence-electron chi connectivity index (χ1n) is 4.61. The topological polar surface area (TPSA) is 49.7 Å². The maximum Gasteiger partial charge on any atom is 0.573 e. The van der Waals surface area contributed by atoms with Gasteiger partial charge in [0.25, 0.3) is 0 Å². The van der Waals surface area contributed by atoms with Crippen molar-refractivity contribution in [2.45, 2.75) is 19.2 Å². The van der Waals surface area contributed by atoms with Crippen LogP contribution in [0.25, 0.3) is 0 Å². The number of ether oxygens (including phenoxy) is 1. The summed E-state index contributed by atoms with van der Waals surface area (Å²) >= 11 is 0. The molecule has 0 radical (unpaired) electrons. The fourth-order valence-corrected chi connectivity index (χ4v) is 1.25. The van der Waals surface area contributed by atoms with Gasteiger partial charge in [0, 0.05) is 6.61 Å². The summed E-state index contributed by atoms with van der Waals surface area (Å²) in [7, 11) is 0. The number of aromatic hydroxyl groups is 1. The molecule has 6 heteroatoms. The van der Waals surface area contributed by atoms with Gasteiger partial charge in [-0.15, -0.1) is 13.2 Å². The molecule has 0 amide bonds. The van der Waals surface area contributed by atoms with Crippen LogP contribution >= 0.6 is 0 Å². The molecule has 0 heterocycles. The molecule has 0 unspecified atom stereocenters. The van der Waals surface area contributed by atoms with Crippen LogP contribution in [0.3, 0.4) is 0 Å². The molecule has 1 aromatic rings. The normalized spacial score (nSPS) is 11.5. The van der Waals surface area contributed by atoms with E-state index in [1.807, 2.05) is 0 Å². The zero-order chi connectivity index (χ0) is 12.2. The van der Waals surface area contributed by atoms with Gasteiger partial charge in [-0.3, -0.25) is 0 Å². The maximum absolute atomic E-state index is 11.9. The minimum atomic E-state index is -4.83. The summed E-state index contributed by atoms with van der Waals surface area (Å²) in [6.45, 7) is -0.0935. The first-order chi connectivity index (χ1) is 7.44. The number of aryl methyl sites for hydroxylation is 1. The highest BCUT2D eigenvalue weighted by Crippen LogP contribution is 2.34. The Kier molecular flexibility index (Phi) is 4.00. The van der Waals surface area contributed by atoms with Crippen LogP contribution in [0.15, 0.2) is 18.2 Å². The lowest BCUT2D eigenvalue weighted by molar-refractivity contribution is -0.275. The van der Waals surface area contributed by atoms with E-state index >= 15 is 0 Å². The smallest absolute Gasteiger partial charge is 0.504 e. The van der Waals surface area contributed by atoms with Gasteiger partial charge in [-0.1, -0.05) is 12.1 Å². The van der Waals surface area contributed by atoms with Crippen LogP contribution in [0, 0.1) is 0 Å². The number of benzene rings is 1. The van der Waals surface area contributed by atoms with Crippen LogP contribution in [0.4, 0.5) is 13.2 Å². The van der Waals surface area contributed by atoms with Gasteiger partial charge in [-0.25, -0.2) is 0 Å². The fraction of sp³-hybridized carbons (Fsp3) is 0.400. The van der Waals surface area contributed by atoms with Crippen molar-refractivity contribution in [3.05, 3.63) is 23.8 Å². The third-order valence-electron chi connectivity index (χ3n) is 1.91. The largest absolute Gasteiger partial charge is 0.573 e. The van der Waals surface area contributed by atoms with Crippen molar-refractivity contribution in [2.24, 2.45) is 0 Å². The summed E-state index contributed by atoms with van der Waals surface area (Å²) in [5, 5.41) is 18.1. The van der Waals surface area contributed by atoms with Gasteiger partial charge in [0.1, 0.15) is 0 Å². The molecule has 1 aromatic carbocycles. The second-order valence-electron chi connectivity index (χ2n) is 3.14. The second-order valence-corrected chi connectivity index (χ2v) is 3.14. The highest BCUT2D eigenvalue weighted by atomic mass is 19.4. The minimum absolute atomic E-state index is 0.0935. The lowest BCUT2D eigenvalue weighted by Crippen LogP contribution is -2.17. The van der Waals surface area contributed by atoms with E-state index in [0.29, 0.717) is 12.0 Å². The molecule has 90 valence electrons. The zero-order valence-corrected chi connectivity index (χ0v) is 8.29. The van der Waals surface area contributed by atoms with E-state index in [-0.39, 0.29) is 13.0 Å². The average Bonchev–Trinajstić information content (AvgIpc) is 2.17. The first-order valence-corrected chi connectivity index (χ1v) is 4.61. The SMILES string of the molecule is OCCCc1cccc(OC(F)(F)F)c1O. The van der Waals surface area contributed by atoms with Crippen molar-refractivity contribution >= 4 is 0 Å². The van der Waals surface area contributed by atoms with Crippen molar-refractivity contribution in [1.82, 2.24) is 0 Å². The number of hydrogen-bond acceptors (Lipinski definition) is 3. The standard InChI is InChI=1S/C10H11F3O3/c11-10(12,13)16-8-5-1-3-7(9(8)15)4-2-6-14/h1,3,5,14-15H,2,4,6H2. The van der Waals surface area contributed by atoms with Crippen LogP contribution < -0.4 is 4.74 Å². The molecule has 16 heavy (non-hydrogen) atoms. The van der Waals surface area contributed by atoms with Crippen molar-refractivity contribution in [1.29, 1.82) is 0 Å². The molecule has 3 nitrogen and oxygen atoms in total. The molecular weight excluding hydrogens is 225 g/mol. The van der Waals surface area contributed by atoms with Gasteiger partial charge in [-0.2, -0.15) is 0 Å². The quantitative estimate of drug-likeness (QED) is 0.842.